The minimum Gasteiger partial charge on any atom is -0.493 e. The van der Waals surface area contributed by atoms with Crippen LogP contribution in [0.15, 0.2) is 40.9 Å². The fourth-order valence-electron chi connectivity index (χ4n) is 2.10. The molecule has 0 unspecified atom stereocenters. The van der Waals surface area contributed by atoms with Crippen molar-refractivity contribution in [3.05, 3.63) is 51.5 Å². The van der Waals surface area contributed by atoms with Crippen LogP contribution in [0, 0.1) is 0 Å². The van der Waals surface area contributed by atoms with Crippen molar-refractivity contribution in [2.75, 3.05) is 12.4 Å². The SMILES string of the molecule is COc1cc(CNC(=S)Nc2ccc(Br)c(Cl)c2)ccc1OC(C)C. The molecule has 2 aromatic carbocycles. The highest BCUT2D eigenvalue weighted by atomic mass is 79.9. The third-order valence-corrected chi connectivity index (χ3v) is 4.70. The Morgan fingerprint density at radius 1 is 1.20 bits per heavy atom. The molecule has 0 saturated heterocycles. The second kappa shape index (κ2) is 9.27. The van der Waals surface area contributed by atoms with E-state index in [1.807, 2.05) is 44.2 Å². The third kappa shape index (κ3) is 6.06. The van der Waals surface area contributed by atoms with Gasteiger partial charge < -0.3 is 20.1 Å². The predicted molar refractivity (Wildman–Crippen MR) is 111 cm³/mol. The lowest BCUT2D eigenvalue weighted by Gasteiger charge is -2.15. The molecule has 0 aliphatic carbocycles. The lowest BCUT2D eigenvalue weighted by Crippen LogP contribution is -2.27. The van der Waals surface area contributed by atoms with E-state index in [0.29, 0.717) is 22.4 Å². The summed E-state index contributed by atoms with van der Waals surface area (Å²) >= 11 is 14.8. The number of nitrogens with one attached hydrogen (secondary N) is 2. The molecular weight excluding hydrogens is 424 g/mol. The summed E-state index contributed by atoms with van der Waals surface area (Å²) in [7, 11) is 1.63. The summed E-state index contributed by atoms with van der Waals surface area (Å²) in [5, 5.41) is 7.40. The highest BCUT2D eigenvalue weighted by Crippen LogP contribution is 2.29. The van der Waals surface area contributed by atoms with Gasteiger partial charge in [-0.25, -0.2) is 0 Å². The van der Waals surface area contributed by atoms with E-state index in [1.165, 1.54) is 0 Å². The van der Waals surface area contributed by atoms with Crippen LogP contribution in [-0.2, 0) is 6.54 Å². The molecule has 0 spiro atoms. The van der Waals surface area contributed by atoms with Gasteiger partial charge in [-0.2, -0.15) is 0 Å². The number of methoxy groups -OCH3 is 1. The van der Waals surface area contributed by atoms with Crippen LogP contribution in [0.3, 0.4) is 0 Å². The molecule has 2 N–H and O–H groups in total. The van der Waals surface area contributed by atoms with Gasteiger partial charge in [-0.05, 0) is 77.9 Å². The molecule has 0 fully saturated rings. The van der Waals surface area contributed by atoms with Crippen molar-refractivity contribution in [2.45, 2.75) is 26.5 Å². The van der Waals surface area contributed by atoms with Crippen molar-refractivity contribution < 1.29 is 9.47 Å². The van der Waals surface area contributed by atoms with Gasteiger partial charge >= 0.3 is 0 Å². The maximum Gasteiger partial charge on any atom is 0.171 e. The first-order valence-corrected chi connectivity index (χ1v) is 9.30. The maximum atomic E-state index is 6.08. The van der Waals surface area contributed by atoms with Gasteiger partial charge in [0.2, 0.25) is 0 Å². The van der Waals surface area contributed by atoms with Gasteiger partial charge in [-0.15, -0.1) is 0 Å². The average molecular weight is 444 g/mol. The first kappa shape index (κ1) is 19.8. The number of thiocarbonyl (C=S) groups is 1. The second-order valence-corrected chi connectivity index (χ2v) is 7.26. The van der Waals surface area contributed by atoms with Crippen LogP contribution in [0.2, 0.25) is 5.02 Å². The van der Waals surface area contributed by atoms with Gasteiger partial charge in [0.1, 0.15) is 0 Å². The van der Waals surface area contributed by atoms with E-state index >= 15 is 0 Å². The minimum atomic E-state index is 0.0902. The van der Waals surface area contributed by atoms with Gasteiger partial charge in [0.25, 0.3) is 0 Å². The molecule has 0 aromatic heterocycles. The summed E-state index contributed by atoms with van der Waals surface area (Å²) in [6.07, 6.45) is 0.0902. The van der Waals surface area contributed by atoms with E-state index in [2.05, 4.69) is 26.6 Å². The fourth-order valence-corrected chi connectivity index (χ4v) is 2.72. The molecular formula is C18H20BrClN2O2S. The lowest BCUT2D eigenvalue weighted by atomic mass is 10.2. The second-order valence-electron chi connectivity index (χ2n) is 5.59. The molecule has 0 aliphatic heterocycles. The molecule has 2 rings (SSSR count). The first-order chi connectivity index (χ1) is 11.9. The molecule has 0 bridgehead atoms. The van der Waals surface area contributed by atoms with E-state index in [-0.39, 0.29) is 6.10 Å². The van der Waals surface area contributed by atoms with Crippen LogP contribution >= 0.6 is 39.7 Å². The highest BCUT2D eigenvalue weighted by Gasteiger charge is 2.08. The number of hydrogen-bond donors (Lipinski definition) is 2. The van der Waals surface area contributed by atoms with Crippen molar-refractivity contribution >= 4 is 50.5 Å². The molecule has 134 valence electrons. The highest BCUT2D eigenvalue weighted by molar-refractivity contribution is 9.10. The van der Waals surface area contributed by atoms with Crippen molar-refractivity contribution in [3.63, 3.8) is 0 Å². The first-order valence-electron chi connectivity index (χ1n) is 7.72. The normalized spacial score (nSPS) is 10.5. The number of halogens is 2. The fraction of sp³-hybridized carbons (Fsp3) is 0.278. The lowest BCUT2D eigenvalue weighted by molar-refractivity contribution is 0.230. The summed E-state index contributed by atoms with van der Waals surface area (Å²) in [4.78, 5) is 0. The molecule has 0 amide bonds. The molecule has 0 saturated carbocycles. The van der Waals surface area contributed by atoms with E-state index in [1.54, 1.807) is 13.2 Å². The summed E-state index contributed by atoms with van der Waals surface area (Å²) < 4.78 is 12.0. The summed E-state index contributed by atoms with van der Waals surface area (Å²) in [6, 6.07) is 11.4. The molecule has 0 heterocycles. The van der Waals surface area contributed by atoms with E-state index in [0.717, 1.165) is 21.5 Å². The molecule has 0 aliphatic rings. The molecule has 7 heteroatoms. The summed E-state index contributed by atoms with van der Waals surface area (Å²) in [6.45, 7) is 4.52. The number of anilines is 1. The topological polar surface area (TPSA) is 42.5 Å². The van der Waals surface area contributed by atoms with Crippen LogP contribution in [0.25, 0.3) is 0 Å². The Labute approximate surface area is 167 Å². The van der Waals surface area contributed by atoms with E-state index in [4.69, 9.17) is 33.3 Å². The number of ether oxygens (including phenoxy) is 2. The average Bonchev–Trinajstić information content (AvgIpc) is 2.57. The predicted octanol–water partition coefficient (Wildman–Crippen LogP) is 5.38. The van der Waals surface area contributed by atoms with Crippen molar-refractivity contribution in [3.8, 4) is 11.5 Å². The van der Waals surface area contributed by atoms with Crippen molar-refractivity contribution in [1.82, 2.24) is 5.32 Å². The summed E-state index contributed by atoms with van der Waals surface area (Å²) in [5.74, 6) is 1.43. The number of rotatable bonds is 6. The Bertz CT molecular complexity index is 756. The Hall–Kier alpha value is -1.50. The van der Waals surface area contributed by atoms with Crippen LogP contribution in [0.1, 0.15) is 19.4 Å². The van der Waals surface area contributed by atoms with E-state index in [9.17, 15) is 0 Å². The maximum absolute atomic E-state index is 6.08. The number of hydrogen-bond acceptors (Lipinski definition) is 3. The largest absolute Gasteiger partial charge is 0.493 e. The van der Waals surface area contributed by atoms with Crippen LogP contribution in [0.5, 0.6) is 11.5 Å². The zero-order valence-electron chi connectivity index (χ0n) is 14.2. The van der Waals surface area contributed by atoms with Gasteiger partial charge in [0.05, 0.1) is 18.2 Å². The standard InChI is InChI=1S/C18H20BrClN2O2S/c1-11(2)24-16-7-4-12(8-17(16)23-3)10-21-18(25)22-13-5-6-14(19)15(20)9-13/h4-9,11H,10H2,1-3H3,(H2,21,22,25). The van der Waals surface area contributed by atoms with Crippen LogP contribution in [-0.4, -0.2) is 18.3 Å². The Morgan fingerprint density at radius 2 is 1.96 bits per heavy atom. The van der Waals surface area contributed by atoms with Gasteiger partial charge in [-0.1, -0.05) is 17.7 Å². The minimum absolute atomic E-state index is 0.0902. The quantitative estimate of drug-likeness (QED) is 0.586. The zero-order chi connectivity index (χ0) is 18.4. The Balaban J connectivity index is 1.95. The molecule has 0 radical (unpaired) electrons. The molecule has 4 nitrogen and oxygen atoms in total. The Kier molecular flexibility index (Phi) is 7.35. The van der Waals surface area contributed by atoms with Crippen LogP contribution in [0.4, 0.5) is 5.69 Å². The monoisotopic (exact) mass is 442 g/mol. The van der Waals surface area contributed by atoms with Gasteiger partial charge in [0, 0.05) is 16.7 Å². The zero-order valence-corrected chi connectivity index (χ0v) is 17.4. The third-order valence-electron chi connectivity index (χ3n) is 3.22. The smallest absolute Gasteiger partial charge is 0.171 e. The summed E-state index contributed by atoms with van der Waals surface area (Å²) in [5.41, 5.74) is 1.86. The molecule has 2 aromatic rings. The molecule has 0 atom stereocenters. The van der Waals surface area contributed by atoms with E-state index < -0.39 is 0 Å². The molecule has 25 heavy (non-hydrogen) atoms. The van der Waals surface area contributed by atoms with Crippen LogP contribution < -0.4 is 20.1 Å². The van der Waals surface area contributed by atoms with Crippen molar-refractivity contribution in [2.24, 2.45) is 0 Å². The van der Waals surface area contributed by atoms with Gasteiger partial charge in [-0.3, -0.25) is 0 Å². The van der Waals surface area contributed by atoms with Crippen molar-refractivity contribution in [1.29, 1.82) is 0 Å². The van der Waals surface area contributed by atoms with Gasteiger partial charge in [0.15, 0.2) is 16.6 Å². The Morgan fingerprint density at radius 3 is 2.60 bits per heavy atom. The number of benzene rings is 2.